The summed E-state index contributed by atoms with van der Waals surface area (Å²) in [6.07, 6.45) is 1.41. The molecule has 0 unspecified atom stereocenters. The molecule has 1 aromatic rings. The predicted molar refractivity (Wildman–Crippen MR) is 108 cm³/mol. The second-order valence-electron chi connectivity index (χ2n) is 8.30. The summed E-state index contributed by atoms with van der Waals surface area (Å²) in [6.45, 7) is 5.98. The Labute approximate surface area is 170 Å². The van der Waals surface area contributed by atoms with E-state index in [1.54, 1.807) is 13.8 Å². The Morgan fingerprint density at radius 1 is 1.21 bits per heavy atom. The van der Waals surface area contributed by atoms with E-state index in [-0.39, 0.29) is 30.0 Å². The van der Waals surface area contributed by atoms with Gasteiger partial charge in [0.2, 0.25) is 5.91 Å². The summed E-state index contributed by atoms with van der Waals surface area (Å²) in [5.74, 6) is 0.486. The van der Waals surface area contributed by atoms with Crippen LogP contribution in [0.5, 0.6) is 0 Å². The van der Waals surface area contributed by atoms with Crippen molar-refractivity contribution in [3.63, 3.8) is 0 Å². The SMILES string of the molecule is CC(=O)O.Cc1nc(C)c(CC(=O)N2C[C@H]3C[C@@H](N(C)C)[C@H](O)C[C@H]3C2)c(=O)[nH]1. The number of carbonyl (C=O) groups excluding carboxylic acids is 1. The molecule has 0 bridgehead atoms. The fourth-order valence-corrected chi connectivity index (χ4v) is 4.39. The monoisotopic (exact) mass is 408 g/mol. The van der Waals surface area contributed by atoms with Crippen LogP contribution in [0.3, 0.4) is 0 Å². The number of H-pyrrole nitrogens is 1. The third kappa shape index (κ3) is 5.86. The lowest BCUT2D eigenvalue weighted by Gasteiger charge is -2.38. The van der Waals surface area contributed by atoms with Crippen molar-refractivity contribution in [2.75, 3.05) is 27.2 Å². The topological polar surface area (TPSA) is 127 Å². The molecule has 1 amide bonds. The molecule has 0 radical (unpaired) electrons. The summed E-state index contributed by atoms with van der Waals surface area (Å²) < 4.78 is 0. The van der Waals surface area contributed by atoms with E-state index in [4.69, 9.17) is 9.90 Å². The summed E-state index contributed by atoms with van der Waals surface area (Å²) in [6, 6.07) is 0.155. The number of fused-ring (bicyclic) bond motifs is 1. The number of aryl methyl sites for hydroxylation is 2. The minimum absolute atomic E-state index is 0.0236. The number of aromatic amines is 1. The highest BCUT2D eigenvalue weighted by Gasteiger charge is 2.43. The van der Waals surface area contributed by atoms with E-state index in [9.17, 15) is 14.7 Å². The number of likely N-dealkylation sites (N-methyl/N-ethyl adjacent to an activating group) is 1. The zero-order valence-corrected chi connectivity index (χ0v) is 17.8. The lowest BCUT2D eigenvalue weighted by atomic mass is 9.77. The van der Waals surface area contributed by atoms with Crippen LogP contribution in [0, 0.1) is 25.7 Å². The Balaban J connectivity index is 0.000000687. The number of aliphatic hydroxyl groups is 1. The number of hydrogen-bond donors (Lipinski definition) is 3. The Kier molecular flexibility index (Phi) is 7.54. The fourth-order valence-electron chi connectivity index (χ4n) is 4.39. The first-order chi connectivity index (χ1) is 13.5. The molecule has 9 nitrogen and oxygen atoms in total. The number of rotatable bonds is 3. The van der Waals surface area contributed by atoms with Gasteiger partial charge in [-0.1, -0.05) is 0 Å². The van der Waals surface area contributed by atoms with Crippen molar-refractivity contribution < 1.29 is 19.8 Å². The van der Waals surface area contributed by atoms with Crippen LogP contribution < -0.4 is 5.56 Å². The molecular weight excluding hydrogens is 376 g/mol. The summed E-state index contributed by atoms with van der Waals surface area (Å²) >= 11 is 0. The van der Waals surface area contributed by atoms with Gasteiger partial charge in [0.05, 0.1) is 12.5 Å². The smallest absolute Gasteiger partial charge is 0.300 e. The quantitative estimate of drug-likeness (QED) is 0.651. The number of hydrogen-bond acceptors (Lipinski definition) is 6. The van der Waals surface area contributed by atoms with E-state index in [0.29, 0.717) is 35.5 Å². The summed E-state index contributed by atoms with van der Waals surface area (Å²) in [4.78, 5) is 44.7. The molecule has 9 heteroatoms. The molecule has 29 heavy (non-hydrogen) atoms. The molecule has 2 heterocycles. The van der Waals surface area contributed by atoms with Crippen molar-refractivity contribution in [1.82, 2.24) is 19.8 Å². The minimum atomic E-state index is -0.833. The molecule has 1 saturated heterocycles. The summed E-state index contributed by atoms with van der Waals surface area (Å²) in [7, 11) is 3.98. The van der Waals surface area contributed by atoms with E-state index in [1.807, 2.05) is 19.0 Å². The number of likely N-dealkylation sites (tertiary alicyclic amines) is 1. The van der Waals surface area contributed by atoms with Crippen LogP contribution in [0.25, 0.3) is 0 Å². The lowest BCUT2D eigenvalue weighted by molar-refractivity contribution is -0.134. The van der Waals surface area contributed by atoms with Crippen LogP contribution in [-0.4, -0.2) is 81.2 Å². The number of aliphatic hydroxyl groups excluding tert-OH is 1. The van der Waals surface area contributed by atoms with Gasteiger partial charge < -0.3 is 25.0 Å². The molecule has 0 spiro atoms. The molecule has 0 aromatic carbocycles. The van der Waals surface area contributed by atoms with Gasteiger partial charge in [-0.05, 0) is 52.6 Å². The molecular formula is C20H32N4O5. The predicted octanol–water partition coefficient (Wildman–Crippen LogP) is 0.180. The van der Waals surface area contributed by atoms with Gasteiger partial charge in [-0.3, -0.25) is 14.4 Å². The summed E-state index contributed by atoms with van der Waals surface area (Å²) in [5, 5.41) is 17.8. The molecule has 162 valence electrons. The largest absolute Gasteiger partial charge is 0.481 e. The Morgan fingerprint density at radius 3 is 2.28 bits per heavy atom. The zero-order valence-electron chi connectivity index (χ0n) is 17.8. The molecule has 1 aromatic heterocycles. The number of amides is 1. The van der Waals surface area contributed by atoms with Crippen molar-refractivity contribution in [1.29, 1.82) is 0 Å². The van der Waals surface area contributed by atoms with Crippen molar-refractivity contribution in [2.24, 2.45) is 11.8 Å². The van der Waals surface area contributed by atoms with Crippen LogP contribution >= 0.6 is 0 Å². The first-order valence-corrected chi connectivity index (χ1v) is 9.87. The second-order valence-corrected chi connectivity index (χ2v) is 8.30. The average Bonchev–Trinajstić information content (AvgIpc) is 2.99. The fraction of sp³-hybridized carbons (Fsp3) is 0.700. The van der Waals surface area contributed by atoms with Crippen molar-refractivity contribution in [2.45, 2.75) is 52.2 Å². The third-order valence-corrected chi connectivity index (χ3v) is 5.79. The van der Waals surface area contributed by atoms with Gasteiger partial charge in [-0.15, -0.1) is 0 Å². The molecule has 2 aliphatic rings. The van der Waals surface area contributed by atoms with Crippen LogP contribution in [0.2, 0.25) is 0 Å². The first-order valence-electron chi connectivity index (χ1n) is 9.87. The highest BCUT2D eigenvalue weighted by molar-refractivity contribution is 5.79. The molecule has 1 aliphatic heterocycles. The van der Waals surface area contributed by atoms with Crippen molar-refractivity contribution in [3.8, 4) is 0 Å². The van der Waals surface area contributed by atoms with Gasteiger partial charge in [0.1, 0.15) is 5.82 Å². The normalized spacial score (nSPS) is 26.0. The second kappa shape index (κ2) is 9.49. The highest BCUT2D eigenvalue weighted by Crippen LogP contribution is 2.37. The zero-order chi connectivity index (χ0) is 21.9. The van der Waals surface area contributed by atoms with E-state index in [1.165, 1.54) is 0 Å². The lowest BCUT2D eigenvalue weighted by Crippen LogP contribution is -2.46. The van der Waals surface area contributed by atoms with E-state index in [2.05, 4.69) is 14.9 Å². The van der Waals surface area contributed by atoms with Crippen LogP contribution in [-0.2, 0) is 16.0 Å². The van der Waals surface area contributed by atoms with Crippen molar-refractivity contribution >= 4 is 11.9 Å². The van der Waals surface area contributed by atoms with Gasteiger partial charge in [-0.2, -0.15) is 0 Å². The van der Waals surface area contributed by atoms with Gasteiger partial charge in [0.15, 0.2) is 0 Å². The molecule has 3 N–H and O–H groups in total. The van der Waals surface area contributed by atoms with Gasteiger partial charge in [0, 0.05) is 37.3 Å². The van der Waals surface area contributed by atoms with Gasteiger partial charge >= 0.3 is 0 Å². The molecule has 1 saturated carbocycles. The first kappa shape index (κ1) is 23.0. The van der Waals surface area contributed by atoms with Crippen LogP contribution in [0.4, 0.5) is 0 Å². The molecule has 2 fully saturated rings. The summed E-state index contributed by atoms with van der Waals surface area (Å²) in [5.41, 5.74) is 0.851. The maximum atomic E-state index is 12.7. The van der Waals surface area contributed by atoms with Gasteiger partial charge in [0.25, 0.3) is 11.5 Å². The Bertz CT molecular complexity index is 803. The number of aromatic nitrogens is 2. The Hall–Kier alpha value is -2.26. The van der Waals surface area contributed by atoms with E-state index < -0.39 is 5.97 Å². The average molecular weight is 408 g/mol. The number of carboxylic acid groups (broad SMARTS) is 1. The number of nitrogens with zero attached hydrogens (tertiary/aromatic N) is 3. The Morgan fingerprint density at radius 2 is 1.76 bits per heavy atom. The van der Waals surface area contributed by atoms with Crippen LogP contribution in [0.15, 0.2) is 4.79 Å². The number of carboxylic acids is 1. The van der Waals surface area contributed by atoms with E-state index in [0.717, 1.165) is 26.3 Å². The standard InChI is InChI=1S/C18H28N4O3.C2H4O2/c1-10-14(18(25)20-11(2)19-10)7-17(24)22-8-12-5-15(21(3)4)16(23)6-13(12)9-22;1-2(3)4/h12-13,15-16,23H,5-9H2,1-4H3,(H,19,20,25);1H3,(H,3,4)/t12-,13+,15-,16-;/m1./s1. The van der Waals surface area contributed by atoms with Gasteiger partial charge in [-0.25, -0.2) is 4.98 Å². The highest BCUT2D eigenvalue weighted by atomic mass is 16.4. The van der Waals surface area contributed by atoms with Crippen molar-refractivity contribution in [3.05, 3.63) is 27.4 Å². The molecule has 4 atom stereocenters. The maximum absolute atomic E-state index is 12.7. The van der Waals surface area contributed by atoms with E-state index >= 15 is 0 Å². The molecule has 1 aliphatic carbocycles. The minimum Gasteiger partial charge on any atom is -0.481 e. The number of aliphatic carboxylic acids is 1. The van der Waals surface area contributed by atoms with Crippen LogP contribution in [0.1, 0.15) is 36.8 Å². The maximum Gasteiger partial charge on any atom is 0.300 e. The molecule has 3 rings (SSSR count). The number of carbonyl (C=O) groups is 2. The third-order valence-electron chi connectivity index (χ3n) is 5.79. The number of nitrogens with one attached hydrogen (secondary N) is 1.